The molecule has 0 amide bonds. The van der Waals surface area contributed by atoms with Gasteiger partial charge in [-0.05, 0) is 47.9 Å². The molecule has 1 saturated carbocycles. The van der Waals surface area contributed by atoms with Crippen LogP contribution in [0.5, 0.6) is 0 Å². The molecule has 0 unspecified atom stereocenters. The van der Waals surface area contributed by atoms with E-state index in [2.05, 4.69) is 30.9 Å². The Labute approximate surface area is 109 Å². The summed E-state index contributed by atoms with van der Waals surface area (Å²) in [6.07, 6.45) is 3.99. The molecule has 3 rings (SSSR count). The molecule has 2 aliphatic rings. The Balaban J connectivity index is 1.90. The number of hydrogen-bond donors (Lipinski definition) is 0. The lowest BCUT2D eigenvalue weighted by Crippen LogP contribution is -2.32. The van der Waals surface area contributed by atoms with Crippen molar-refractivity contribution in [2.75, 3.05) is 6.54 Å². The highest BCUT2D eigenvalue weighted by atomic mass is 35.5. The molecular weight excluding hydrogens is 230 g/mol. The van der Waals surface area contributed by atoms with Crippen molar-refractivity contribution in [3.8, 4) is 0 Å². The Bertz CT molecular complexity index is 435. The third-order valence-corrected chi connectivity index (χ3v) is 4.37. The number of benzene rings is 1. The minimum atomic E-state index is 0.522. The molecule has 1 heterocycles. The zero-order valence-electron chi connectivity index (χ0n) is 10.7. The van der Waals surface area contributed by atoms with Crippen LogP contribution in [0.2, 0.25) is 5.02 Å². The van der Waals surface area contributed by atoms with Gasteiger partial charge in [-0.1, -0.05) is 31.5 Å². The van der Waals surface area contributed by atoms with Gasteiger partial charge in [0.1, 0.15) is 0 Å². The molecule has 0 atom stereocenters. The number of fused-ring (bicyclic) bond motifs is 1. The summed E-state index contributed by atoms with van der Waals surface area (Å²) in [6.45, 7) is 6.77. The lowest BCUT2D eigenvalue weighted by molar-refractivity contribution is 0.243. The van der Waals surface area contributed by atoms with E-state index in [1.54, 1.807) is 0 Å². The van der Waals surface area contributed by atoms with Crippen LogP contribution in [0.3, 0.4) is 0 Å². The Morgan fingerprint density at radius 2 is 2.00 bits per heavy atom. The van der Waals surface area contributed by atoms with Crippen LogP contribution < -0.4 is 0 Å². The van der Waals surface area contributed by atoms with Crippen molar-refractivity contribution in [2.45, 2.75) is 51.6 Å². The minimum Gasteiger partial charge on any atom is -0.296 e. The van der Waals surface area contributed by atoms with E-state index in [-0.39, 0.29) is 0 Å². The van der Waals surface area contributed by atoms with Crippen molar-refractivity contribution in [3.05, 3.63) is 33.8 Å². The van der Waals surface area contributed by atoms with Crippen LogP contribution in [-0.4, -0.2) is 17.5 Å². The average molecular weight is 250 g/mol. The third kappa shape index (κ3) is 2.23. The van der Waals surface area contributed by atoms with Crippen LogP contribution in [-0.2, 0) is 13.0 Å². The number of halogens is 1. The molecule has 0 saturated heterocycles. The number of rotatable bonds is 2. The molecule has 0 radical (unpaired) electrons. The fourth-order valence-corrected chi connectivity index (χ4v) is 3.22. The number of nitrogens with zero attached hydrogens (tertiary/aromatic N) is 1. The molecule has 1 fully saturated rings. The minimum absolute atomic E-state index is 0.522. The molecule has 0 bridgehead atoms. The van der Waals surface area contributed by atoms with E-state index in [9.17, 15) is 0 Å². The zero-order chi connectivity index (χ0) is 12.0. The van der Waals surface area contributed by atoms with Crippen molar-refractivity contribution >= 4 is 11.6 Å². The summed E-state index contributed by atoms with van der Waals surface area (Å²) in [5.41, 5.74) is 4.29. The van der Waals surface area contributed by atoms with Crippen molar-refractivity contribution in [1.29, 1.82) is 0 Å². The summed E-state index contributed by atoms with van der Waals surface area (Å²) in [6, 6.07) is 5.42. The van der Waals surface area contributed by atoms with Gasteiger partial charge in [0.15, 0.2) is 0 Å². The van der Waals surface area contributed by atoms with Crippen molar-refractivity contribution in [2.24, 2.45) is 0 Å². The van der Waals surface area contributed by atoms with E-state index in [4.69, 9.17) is 11.6 Å². The summed E-state index contributed by atoms with van der Waals surface area (Å²) in [5, 5.41) is 0.955. The van der Waals surface area contributed by atoms with E-state index in [1.165, 1.54) is 42.5 Å². The van der Waals surface area contributed by atoms with Crippen molar-refractivity contribution < 1.29 is 0 Å². The van der Waals surface area contributed by atoms with Gasteiger partial charge in [-0.15, -0.1) is 0 Å². The first-order valence-corrected chi connectivity index (χ1v) is 7.08. The zero-order valence-corrected chi connectivity index (χ0v) is 11.4. The van der Waals surface area contributed by atoms with Gasteiger partial charge in [0, 0.05) is 24.2 Å². The molecule has 1 aromatic rings. The average Bonchev–Trinajstić information content (AvgIpc) is 3.10. The topological polar surface area (TPSA) is 3.24 Å². The second-order valence-electron chi connectivity index (χ2n) is 5.75. The van der Waals surface area contributed by atoms with Gasteiger partial charge in [-0.25, -0.2) is 0 Å². The first-order valence-electron chi connectivity index (χ1n) is 6.70. The molecule has 1 nitrogen and oxygen atoms in total. The fraction of sp³-hybridized carbons (Fsp3) is 0.600. The molecule has 92 valence electrons. The molecule has 1 aliphatic heterocycles. The van der Waals surface area contributed by atoms with Crippen LogP contribution in [0.1, 0.15) is 49.3 Å². The van der Waals surface area contributed by atoms with Crippen LogP contribution in [0.25, 0.3) is 0 Å². The van der Waals surface area contributed by atoms with Gasteiger partial charge in [0.05, 0.1) is 0 Å². The predicted molar refractivity (Wildman–Crippen MR) is 72.7 cm³/mol. The smallest absolute Gasteiger partial charge is 0.0444 e. The second kappa shape index (κ2) is 4.29. The summed E-state index contributed by atoms with van der Waals surface area (Å²) in [4.78, 5) is 2.62. The van der Waals surface area contributed by atoms with Crippen LogP contribution in [0.4, 0.5) is 0 Å². The van der Waals surface area contributed by atoms with Crippen LogP contribution in [0.15, 0.2) is 12.1 Å². The highest BCUT2D eigenvalue weighted by Crippen LogP contribution is 2.34. The molecule has 0 N–H and O–H groups in total. The largest absolute Gasteiger partial charge is 0.296 e. The second-order valence-corrected chi connectivity index (χ2v) is 6.16. The van der Waals surface area contributed by atoms with Crippen LogP contribution in [0, 0.1) is 0 Å². The van der Waals surface area contributed by atoms with E-state index in [1.807, 2.05) is 0 Å². The SMILES string of the molecule is CC(C)c1cc2c(cc1Cl)CN(C1CC1)CC2. The van der Waals surface area contributed by atoms with E-state index in [0.29, 0.717) is 5.92 Å². The van der Waals surface area contributed by atoms with Gasteiger partial charge in [0.2, 0.25) is 0 Å². The van der Waals surface area contributed by atoms with Gasteiger partial charge in [0.25, 0.3) is 0 Å². The molecule has 2 heteroatoms. The van der Waals surface area contributed by atoms with Crippen LogP contribution >= 0.6 is 11.6 Å². The maximum Gasteiger partial charge on any atom is 0.0444 e. The molecule has 0 aromatic heterocycles. The normalized spacial score (nSPS) is 20.7. The number of hydrogen-bond acceptors (Lipinski definition) is 1. The molecular formula is C15H20ClN. The molecule has 0 spiro atoms. The summed E-state index contributed by atoms with van der Waals surface area (Å²) >= 11 is 6.38. The lowest BCUT2D eigenvalue weighted by atomic mass is 9.93. The first kappa shape index (κ1) is 11.6. The molecule has 17 heavy (non-hydrogen) atoms. The van der Waals surface area contributed by atoms with Gasteiger partial charge >= 0.3 is 0 Å². The Hall–Kier alpha value is -0.530. The van der Waals surface area contributed by atoms with E-state index in [0.717, 1.165) is 17.6 Å². The molecule has 1 aliphatic carbocycles. The highest BCUT2D eigenvalue weighted by molar-refractivity contribution is 6.31. The Morgan fingerprint density at radius 1 is 1.24 bits per heavy atom. The lowest BCUT2D eigenvalue weighted by Gasteiger charge is -2.29. The standard InChI is InChI=1S/C15H20ClN/c1-10(2)14-7-11-5-6-17(13-3-4-13)9-12(11)8-15(14)16/h7-8,10,13H,3-6,9H2,1-2H3. The monoisotopic (exact) mass is 249 g/mol. The van der Waals surface area contributed by atoms with Gasteiger partial charge < -0.3 is 0 Å². The van der Waals surface area contributed by atoms with Gasteiger partial charge in [-0.3, -0.25) is 4.90 Å². The summed E-state index contributed by atoms with van der Waals surface area (Å²) in [7, 11) is 0. The first-order chi connectivity index (χ1) is 8.15. The van der Waals surface area contributed by atoms with E-state index >= 15 is 0 Å². The quantitative estimate of drug-likeness (QED) is 0.766. The summed E-state index contributed by atoms with van der Waals surface area (Å²) < 4.78 is 0. The summed E-state index contributed by atoms with van der Waals surface area (Å²) in [5.74, 6) is 0.522. The van der Waals surface area contributed by atoms with Crippen molar-refractivity contribution in [3.63, 3.8) is 0 Å². The predicted octanol–water partition coefficient (Wildman–Crippen LogP) is 3.98. The maximum atomic E-state index is 6.38. The molecule has 1 aromatic carbocycles. The Kier molecular flexibility index (Phi) is 2.92. The fourth-order valence-electron chi connectivity index (χ4n) is 2.81. The maximum absolute atomic E-state index is 6.38. The van der Waals surface area contributed by atoms with Gasteiger partial charge in [-0.2, -0.15) is 0 Å². The highest BCUT2D eigenvalue weighted by Gasteiger charge is 2.31. The van der Waals surface area contributed by atoms with Crippen molar-refractivity contribution in [1.82, 2.24) is 4.90 Å². The Morgan fingerprint density at radius 3 is 2.65 bits per heavy atom. The van der Waals surface area contributed by atoms with E-state index < -0.39 is 0 Å². The third-order valence-electron chi connectivity index (χ3n) is 4.05.